The van der Waals surface area contributed by atoms with E-state index in [0.29, 0.717) is 6.54 Å². The minimum absolute atomic E-state index is 0.166. The number of para-hydroxylation sites is 1. The third kappa shape index (κ3) is 2.50. The minimum atomic E-state index is -0.374. The molecule has 2 atom stereocenters. The molecule has 1 aliphatic heterocycles. The molecular weight excluding hydrogens is 326 g/mol. The summed E-state index contributed by atoms with van der Waals surface area (Å²) >= 11 is 0. The molecule has 1 fully saturated rings. The monoisotopic (exact) mass is 345 g/mol. The summed E-state index contributed by atoms with van der Waals surface area (Å²) in [5, 5.41) is 11.8. The predicted octanol–water partition coefficient (Wildman–Crippen LogP) is 2.32. The number of hydrogen-bond donors (Lipinski definition) is 1. The molecule has 1 aliphatic rings. The van der Waals surface area contributed by atoms with Crippen LogP contribution < -0.4 is 4.90 Å². The Balaban J connectivity index is 1.43. The summed E-state index contributed by atoms with van der Waals surface area (Å²) < 4.78 is 2.02. The second kappa shape index (κ2) is 6.07. The van der Waals surface area contributed by atoms with E-state index in [2.05, 4.69) is 32.0 Å². The third-order valence-electron chi connectivity index (χ3n) is 5.25. The zero-order valence-electron chi connectivity index (χ0n) is 14.2. The normalized spacial score (nSPS) is 20.3. The van der Waals surface area contributed by atoms with Crippen molar-refractivity contribution >= 4 is 22.4 Å². The summed E-state index contributed by atoms with van der Waals surface area (Å²) in [6.07, 6.45) is 9.60. The maximum Gasteiger partial charge on any atom is 0.156 e. The van der Waals surface area contributed by atoms with E-state index >= 15 is 0 Å². The number of fused-ring (bicyclic) bond motifs is 2. The van der Waals surface area contributed by atoms with Crippen molar-refractivity contribution in [2.24, 2.45) is 5.92 Å². The smallest absolute Gasteiger partial charge is 0.156 e. The summed E-state index contributed by atoms with van der Waals surface area (Å²) in [4.78, 5) is 15.2. The SMILES string of the molecule is O[C@H]1CN(c2cncc3nccn23)C[C@H]1Cc1ccnc2ccccc12. The zero-order chi connectivity index (χ0) is 17.5. The summed E-state index contributed by atoms with van der Waals surface area (Å²) in [6.45, 7) is 1.39. The molecule has 0 amide bonds. The van der Waals surface area contributed by atoms with Gasteiger partial charge in [0, 0.05) is 43.0 Å². The van der Waals surface area contributed by atoms with Gasteiger partial charge in [-0.2, -0.15) is 0 Å². The van der Waals surface area contributed by atoms with Gasteiger partial charge >= 0.3 is 0 Å². The number of aliphatic hydroxyl groups excluding tert-OH is 1. The van der Waals surface area contributed by atoms with E-state index in [1.54, 1.807) is 12.4 Å². The van der Waals surface area contributed by atoms with Crippen molar-refractivity contribution in [1.29, 1.82) is 0 Å². The van der Waals surface area contributed by atoms with Crippen LogP contribution in [0.15, 0.2) is 61.3 Å². The Hall–Kier alpha value is -2.99. The highest BCUT2D eigenvalue weighted by atomic mass is 16.3. The highest BCUT2D eigenvalue weighted by Gasteiger charge is 2.32. The fourth-order valence-corrected chi connectivity index (χ4v) is 3.93. The first kappa shape index (κ1) is 15.3. The van der Waals surface area contributed by atoms with Crippen LogP contribution in [0.25, 0.3) is 16.6 Å². The number of rotatable bonds is 3. The van der Waals surface area contributed by atoms with Crippen LogP contribution in [0.2, 0.25) is 0 Å². The van der Waals surface area contributed by atoms with Crippen LogP contribution in [0.1, 0.15) is 5.56 Å². The van der Waals surface area contributed by atoms with Crippen molar-refractivity contribution < 1.29 is 5.11 Å². The summed E-state index contributed by atoms with van der Waals surface area (Å²) in [5.41, 5.74) is 3.06. The van der Waals surface area contributed by atoms with E-state index in [4.69, 9.17) is 0 Å². The molecule has 1 saturated heterocycles. The topological polar surface area (TPSA) is 66.5 Å². The molecule has 0 saturated carbocycles. The van der Waals surface area contributed by atoms with Gasteiger partial charge in [0.25, 0.3) is 0 Å². The highest BCUT2D eigenvalue weighted by molar-refractivity contribution is 5.81. The van der Waals surface area contributed by atoms with E-state index in [-0.39, 0.29) is 12.0 Å². The lowest BCUT2D eigenvalue weighted by molar-refractivity contribution is 0.148. The Kier molecular flexibility index (Phi) is 3.57. The molecule has 6 nitrogen and oxygen atoms in total. The molecule has 0 bridgehead atoms. The molecule has 5 rings (SSSR count). The average Bonchev–Trinajstić information content (AvgIpc) is 3.29. The van der Waals surface area contributed by atoms with Gasteiger partial charge < -0.3 is 10.0 Å². The van der Waals surface area contributed by atoms with E-state index in [9.17, 15) is 5.11 Å². The molecule has 130 valence electrons. The second-order valence-corrected chi connectivity index (χ2v) is 6.84. The lowest BCUT2D eigenvalue weighted by Crippen LogP contribution is -2.23. The summed E-state index contributed by atoms with van der Waals surface area (Å²) in [7, 11) is 0. The number of imidazole rings is 1. The van der Waals surface area contributed by atoms with Crippen LogP contribution in [-0.2, 0) is 6.42 Å². The van der Waals surface area contributed by atoms with Gasteiger partial charge in [-0.05, 0) is 24.1 Å². The van der Waals surface area contributed by atoms with E-state index in [1.807, 2.05) is 41.2 Å². The number of β-amino-alcohol motifs (C(OH)–C–C–N with tert-alkyl or cyclic N) is 1. The minimum Gasteiger partial charge on any atom is -0.391 e. The number of benzene rings is 1. The van der Waals surface area contributed by atoms with Crippen LogP contribution in [0, 0.1) is 5.92 Å². The van der Waals surface area contributed by atoms with E-state index in [1.165, 1.54) is 10.9 Å². The number of aliphatic hydroxyl groups is 1. The number of hydrogen-bond acceptors (Lipinski definition) is 5. The summed E-state index contributed by atoms with van der Waals surface area (Å²) in [6, 6.07) is 10.2. The third-order valence-corrected chi connectivity index (χ3v) is 5.25. The molecule has 0 radical (unpaired) electrons. The van der Waals surface area contributed by atoms with Gasteiger partial charge in [0.2, 0.25) is 0 Å². The van der Waals surface area contributed by atoms with Crippen molar-refractivity contribution in [1.82, 2.24) is 19.4 Å². The Labute approximate surface area is 150 Å². The van der Waals surface area contributed by atoms with Gasteiger partial charge in [0.05, 0.1) is 24.0 Å². The fraction of sp³-hybridized carbons (Fsp3) is 0.250. The first-order valence-corrected chi connectivity index (χ1v) is 8.82. The van der Waals surface area contributed by atoms with Crippen LogP contribution in [0.4, 0.5) is 5.82 Å². The maximum atomic E-state index is 10.7. The molecule has 4 heterocycles. The van der Waals surface area contributed by atoms with Crippen LogP contribution in [0.3, 0.4) is 0 Å². The lowest BCUT2D eigenvalue weighted by Gasteiger charge is -2.19. The number of pyridine rings is 1. The molecule has 0 aliphatic carbocycles. The lowest BCUT2D eigenvalue weighted by atomic mass is 9.94. The molecule has 4 aromatic rings. The number of aromatic nitrogens is 4. The van der Waals surface area contributed by atoms with Gasteiger partial charge in [0.15, 0.2) is 5.65 Å². The first-order valence-electron chi connectivity index (χ1n) is 8.82. The van der Waals surface area contributed by atoms with Crippen molar-refractivity contribution in [2.45, 2.75) is 12.5 Å². The maximum absolute atomic E-state index is 10.7. The Morgan fingerprint density at radius 1 is 1.04 bits per heavy atom. The fourth-order valence-electron chi connectivity index (χ4n) is 3.93. The molecule has 1 aromatic carbocycles. The quantitative estimate of drug-likeness (QED) is 0.617. The van der Waals surface area contributed by atoms with Gasteiger partial charge in [-0.25, -0.2) is 4.98 Å². The van der Waals surface area contributed by atoms with Crippen molar-refractivity contribution in [3.8, 4) is 0 Å². The average molecular weight is 345 g/mol. The number of anilines is 1. The molecule has 0 spiro atoms. The van der Waals surface area contributed by atoms with E-state index in [0.717, 1.165) is 29.9 Å². The van der Waals surface area contributed by atoms with Crippen molar-refractivity contribution in [2.75, 3.05) is 18.0 Å². The van der Waals surface area contributed by atoms with Gasteiger partial charge in [0.1, 0.15) is 5.82 Å². The standard InChI is InChI=1S/C20H19N5O/c26-18-13-24(20-11-21-10-19-23-7-8-25(19)20)12-15(18)9-14-5-6-22-17-4-2-1-3-16(14)17/h1-8,10-11,15,18,26H,9,12-13H2/t15-,18+/m1/s1. The van der Waals surface area contributed by atoms with Crippen molar-refractivity contribution in [3.63, 3.8) is 0 Å². The second-order valence-electron chi connectivity index (χ2n) is 6.84. The molecule has 26 heavy (non-hydrogen) atoms. The zero-order valence-corrected chi connectivity index (χ0v) is 14.2. The van der Waals surface area contributed by atoms with Gasteiger partial charge in [-0.1, -0.05) is 18.2 Å². The predicted molar refractivity (Wildman–Crippen MR) is 100 cm³/mol. The highest BCUT2D eigenvalue weighted by Crippen LogP contribution is 2.28. The van der Waals surface area contributed by atoms with Crippen LogP contribution in [0.5, 0.6) is 0 Å². The molecule has 6 heteroatoms. The van der Waals surface area contributed by atoms with Gasteiger partial charge in [-0.3, -0.25) is 14.4 Å². The number of nitrogens with zero attached hydrogens (tertiary/aromatic N) is 5. The van der Waals surface area contributed by atoms with E-state index < -0.39 is 0 Å². The Morgan fingerprint density at radius 3 is 2.92 bits per heavy atom. The Bertz CT molecular complexity index is 1070. The van der Waals surface area contributed by atoms with Crippen LogP contribution >= 0.6 is 0 Å². The Morgan fingerprint density at radius 2 is 1.96 bits per heavy atom. The first-order chi connectivity index (χ1) is 12.8. The summed E-state index contributed by atoms with van der Waals surface area (Å²) in [5.74, 6) is 1.14. The van der Waals surface area contributed by atoms with Crippen molar-refractivity contribution in [3.05, 3.63) is 66.9 Å². The van der Waals surface area contributed by atoms with Gasteiger partial charge in [-0.15, -0.1) is 0 Å². The molecule has 3 aromatic heterocycles. The largest absolute Gasteiger partial charge is 0.391 e. The molecular formula is C20H19N5O. The molecule has 1 N–H and O–H groups in total. The molecule has 0 unspecified atom stereocenters. The van der Waals surface area contributed by atoms with Crippen LogP contribution in [-0.4, -0.2) is 43.7 Å².